The lowest BCUT2D eigenvalue weighted by Gasteiger charge is -2.06. The summed E-state index contributed by atoms with van der Waals surface area (Å²) in [5.74, 6) is -0.263. The van der Waals surface area contributed by atoms with Crippen molar-refractivity contribution in [2.75, 3.05) is 7.11 Å². The van der Waals surface area contributed by atoms with Gasteiger partial charge in [-0.3, -0.25) is 0 Å². The molecule has 0 amide bonds. The fourth-order valence-electron chi connectivity index (χ4n) is 2.47. The predicted molar refractivity (Wildman–Crippen MR) is 66.1 cm³/mol. The number of rotatable bonds is 1. The van der Waals surface area contributed by atoms with Gasteiger partial charge in [0.15, 0.2) is 0 Å². The molecule has 3 nitrogen and oxygen atoms in total. The lowest BCUT2D eigenvalue weighted by atomic mass is 10.0. The summed E-state index contributed by atoms with van der Waals surface area (Å²) in [6, 6.07) is 5.88. The van der Waals surface area contributed by atoms with Gasteiger partial charge in [0.1, 0.15) is 0 Å². The van der Waals surface area contributed by atoms with Crippen molar-refractivity contribution in [3.63, 3.8) is 0 Å². The van der Waals surface area contributed by atoms with Gasteiger partial charge < -0.3 is 9.14 Å². The van der Waals surface area contributed by atoms with Crippen molar-refractivity contribution in [2.24, 2.45) is 0 Å². The van der Waals surface area contributed by atoms with Crippen LogP contribution in [-0.4, -0.2) is 17.5 Å². The monoisotopic (exact) mass is 227 g/mol. The van der Waals surface area contributed by atoms with Crippen molar-refractivity contribution in [3.05, 3.63) is 47.3 Å². The van der Waals surface area contributed by atoms with E-state index in [0.29, 0.717) is 5.56 Å². The molecule has 1 aliphatic rings. The average Bonchev–Trinajstić information content (AvgIpc) is 2.72. The van der Waals surface area contributed by atoms with E-state index in [2.05, 4.69) is 10.5 Å². The maximum Gasteiger partial charge on any atom is 0.340 e. The van der Waals surface area contributed by atoms with E-state index in [1.807, 2.05) is 30.5 Å². The number of carbonyl (C=O) groups is 1. The van der Waals surface area contributed by atoms with Gasteiger partial charge >= 0.3 is 5.97 Å². The number of aryl methyl sites for hydroxylation is 1. The fourth-order valence-corrected chi connectivity index (χ4v) is 2.47. The van der Waals surface area contributed by atoms with Crippen molar-refractivity contribution in [3.8, 4) is 0 Å². The van der Waals surface area contributed by atoms with Gasteiger partial charge in [-0.25, -0.2) is 4.79 Å². The minimum absolute atomic E-state index is 0.263. The van der Waals surface area contributed by atoms with Gasteiger partial charge in [-0.1, -0.05) is 18.2 Å². The molecule has 0 unspecified atom stereocenters. The van der Waals surface area contributed by atoms with E-state index >= 15 is 0 Å². The molecule has 0 spiro atoms. The van der Waals surface area contributed by atoms with Crippen molar-refractivity contribution >= 4 is 17.6 Å². The van der Waals surface area contributed by atoms with Crippen LogP contribution in [0, 0.1) is 0 Å². The Morgan fingerprint density at radius 2 is 2.29 bits per heavy atom. The second-order valence-corrected chi connectivity index (χ2v) is 4.12. The largest absolute Gasteiger partial charge is 0.465 e. The Hall–Kier alpha value is -2.03. The molecule has 3 rings (SSSR count). The quantitative estimate of drug-likeness (QED) is 0.701. The van der Waals surface area contributed by atoms with Crippen LogP contribution in [0.4, 0.5) is 0 Å². The van der Waals surface area contributed by atoms with E-state index in [4.69, 9.17) is 4.74 Å². The molecule has 2 aromatic rings. The number of pyridine rings is 1. The zero-order chi connectivity index (χ0) is 11.8. The number of methoxy groups -OCH3 is 1. The van der Waals surface area contributed by atoms with E-state index in [1.165, 1.54) is 12.8 Å². The highest BCUT2D eigenvalue weighted by Crippen LogP contribution is 2.29. The first-order chi connectivity index (χ1) is 8.33. The maximum absolute atomic E-state index is 11.9. The fraction of sp³-hybridized carbons (Fsp3) is 0.214. The van der Waals surface area contributed by atoms with Gasteiger partial charge in [0.2, 0.25) is 0 Å². The molecule has 0 saturated carbocycles. The number of aromatic nitrogens is 1. The molecule has 0 aromatic carbocycles. The van der Waals surface area contributed by atoms with Gasteiger partial charge in [-0.2, -0.15) is 0 Å². The number of esters is 1. The molecule has 0 N–H and O–H groups in total. The Morgan fingerprint density at radius 1 is 1.41 bits per heavy atom. The van der Waals surface area contributed by atoms with Crippen LogP contribution in [0.1, 0.15) is 28.0 Å². The van der Waals surface area contributed by atoms with Crippen molar-refractivity contribution in [1.29, 1.82) is 0 Å². The SMILES string of the molecule is COC(=O)c1c2c(n3ccccc13)CCC=C2. The normalized spacial score (nSPS) is 13.7. The van der Waals surface area contributed by atoms with E-state index in [-0.39, 0.29) is 5.97 Å². The smallest absolute Gasteiger partial charge is 0.340 e. The third kappa shape index (κ3) is 1.39. The van der Waals surface area contributed by atoms with Gasteiger partial charge in [0.05, 0.1) is 18.2 Å². The van der Waals surface area contributed by atoms with Crippen LogP contribution in [0.5, 0.6) is 0 Å². The summed E-state index contributed by atoms with van der Waals surface area (Å²) in [7, 11) is 1.42. The molecule has 0 bridgehead atoms. The highest BCUT2D eigenvalue weighted by molar-refractivity contribution is 6.02. The molecule has 2 heterocycles. The average molecular weight is 227 g/mol. The lowest BCUT2D eigenvalue weighted by molar-refractivity contribution is 0.0603. The number of allylic oxidation sites excluding steroid dienone is 1. The molecule has 0 radical (unpaired) electrons. The minimum atomic E-state index is -0.263. The minimum Gasteiger partial charge on any atom is -0.465 e. The van der Waals surface area contributed by atoms with Gasteiger partial charge in [-0.15, -0.1) is 0 Å². The van der Waals surface area contributed by atoms with Crippen LogP contribution in [0.2, 0.25) is 0 Å². The van der Waals surface area contributed by atoms with E-state index in [1.54, 1.807) is 0 Å². The molecule has 1 aliphatic carbocycles. The number of hydrogen-bond acceptors (Lipinski definition) is 2. The van der Waals surface area contributed by atoms with Crippen molar-refractivity contribution in [2.45, 2.75) is 12.8 Å². The topological polar surface area (TPSA) is 30.7 Å². The zero-order valence-electron chi connectivity index (χ0n) is 9.64. The maximum atomic E-state index is 11.9. The molecule has 0 fully saturated rings. The van der Waals surface area contributed by atoms with Gasteiger partial charge in [0.25, 0.3) is 0 Å². The zero-order valence-corrected chi connectivity index (χ0v) is 9.64. The molecular weight excluding hydrogens is 214 g/mol. The van der Waals surface area contributed by atoms with Crippen LogP contribution in [-0.2, 0) is 11.2 Å². The second-order valence-electron chi connectivity index (χ2n) is 4.12. The summed E-state index contributed by atoms with van der Waals surface area (Å²) in [4.78, 5) is 11.9. The Labute approximate surface area is 99.3 Å². The summed E-state index contributed by atoms with van der Waals surface area (Å²) in [6.07, 6.45) is 8.12. The van der Waals surface area contributed by atoms with Gasteiger partial charge in [0, 0.05) is 17.5 Å². The molecule has 17 heavy (non-hydrogen) atoms. The second kappa shape index (κ2) is 3.77. The summed E-state index contributed by atoms with van der Waals surface area (Å²) in [5, 5.41) is 0. The third-order valence-electron chi connectivity index (χ3n) is 3.21. The van der Waals surface area contributed by atoms with Gasteiger partial charge in [-0.05, 0) is 25.0 Å². The third-order valence-corrected chi connectivity index (χ3v) is 3.21. The van der Waals surface area contributed by atoms with Crippen LogP contribution >= 0.6 is 0 Å². The number of carbonyl (C=O) groups excluding carboxylic acids is 1. The number of nitrogens with zero attached hydrogens (tertiary/aromatic N) is 1. The van der Waals surface area contributed by atoms with Crippen molar-refractivity contribution in [1.82, 2.24) is 4.40 Å². The van der Waals surface area contributed by atoms with Crippen LogP contribution in [0.25, 0.3) is 11.6 Å². The Morgan fingerprint density at radius 3 is 3.12 bits per heavy atom. The molecular formula is C14H13NO2. The predicted octanol–water partition coefficient (Wildman–Crippen LogP) is 2.69. The standard InChI is InChI=1S/C14H13NO2/c1-17-14(16)13-10-6-2-3-7-11(10)15-9-5-4-8-12(13)15/h2,4-6,8-9H,3,7H2,1H3. The highest BCUT2D eigenvalue weighted by atomic mass is 16.5. The molecule has 0 aliphatic heterocycles. The highest BCUT2D eigenvalue weighted by Gasteiger charge is 2.22. The Kier molecular flexibility index (Phi) is 2.25. The van der Waals surface area contributed by atoms with E-state index in [9.17, 15) is 4.79 Å². The van der Waals surface area contributed by atoms with E-state index < -0.39 is 0 Å². The number of hydrogen-bond donors (Lipinski definition) is 0. The first-order valence-electron chi connectivity index (χ1n) is 5.69. The first kappa shape index (κ1) is 10.1. The number of fused-ring (bicyclic) bond motifs is 3. The summed E-state index contributed by atoms with van der Waals surface area (Å²) >= 11 is 0. The summed E-state index contributed by atoms with van der Waals surface area (Å²) in [6.45, 7) is 0. The van der Waals surface area contributed by atoms with Crippen LogP contribution < -0.4 is 0 Å². The lowest BCUT2D eigenvalue weighted by Crippen LogP contribution is -2.03. The summed E-state index contributed by atoms with van der Waals surface area (Å²) < 4.78 is 6.97. The first-order valence-corrected chi connectivity index (χ1v) is 5.69. The van der Waals surface area contributed by atoms with Crippen molar-refractivity contribution < 1.29 is 9.53 Å². The Balaban J connectivity index is 2.40. The van der Waals surface area contributed by atoms with Crippen LogP contribution in [0.3, 0.4) is 0 Å². The Bertz CT molecular complexity index is 622. The van der Waals surface area contributed by atoms with E-state index in [0.717, 1.165) is 23.9 Å². The summed E-state index contributed by atoms with van der Waals surface area (Å²) in [5.41, 5.74) is 3.81. The molecule has 0 atom stereocenters. The molecule has 86 valence electrons. The molecule has 0 saturated heterocycles. The van der Waals surface area contributed by atoms with Crippen LogP contribution in [0.15, 0.2) is 30.5 Å². The molecule has 3 heteroatoms. The number of ether oxygens (including phenoxy) is 1. The molecule has 2 aromatic heterocycles.